The summed E-state index contributed by atoms with van der Waals surface area (Å²) in [6, 6.07) is 6.96. The van der Waals surface area contributed by atoms with Crippen LogP contribution < -0.4 is 10.3 Å². The molecular weight excluding hydrogens is 512 g/mol. The van der Waals surface area contributed by atoms with E-state index in [9.17, 15) is 24.3 Å². The number of rotatable bonds is 9. The number of nitrogens with zero attached hydrogens (tertiary/aromatic N) is 2. The first-order chi connectivity index (χ1) is 19.1. The summed E-state index contributed by atoms with van der Waals surface area (Å²) in [5.74, 6) is -0.728. The normalized spacial score (nSPS) is 17.1. The van der Waals surface area contributed by atoms with Gasteiger partial charge in [0.2, 0.25) is 0 Å². The van der Waals surface area contributed by atoms with Crippen LogP contribution in [0, 0.1) is 0 Å². The zero-order valence-corrected chi connectivity index (χ0v) is 23.0. The number of aliphatic hydroxyl groups is 1. The number of ether oxygens (including phenoxy) is 2. The van der Waals surface area contributed by atoms with Crippen LogP contribution in [-0.2, 0) is 44.3 Å². The molecule has 0 aliphatic carbocycles. The molecule has 0 amide bonds. The Labute approximate surface area is 231 Å². The lowest BCUT2D eigenvalue weighted by Gasteiger charge is -2.31. The van der Waals surface area contributed by atoms with Crippen LogP contribution >= 0.6 is 0 Å². The average Bonchev–Trinajstić information content (AvgIpc) is 3.30. The molecule has 1 N–H and O–H groups in total. The van der Waals surface area contributed by atoms with Crippen molar-refractivity contribution in [3.8, 4) is 17.1 Å². The number of benzene rings is 1. The molecule has 40 heavy (non-hydrogen) atoms. The Morgan fingerprint density at radius 1 is 1.15 bits per heavy atom. The highest BCUT2D eigenvalue weighted by Gasteiger charge is 2.45. The number of unbranched alkanes of at least 4 members (excludes halogenated alkanes) is 1. The second-order valence-corrected chi connectivity index (χ2v) is 10.4. The molecule has 0 saturated heterocycles. The van der Waals surface area contributed by atoms with E-state index < -0.39 is 11.6 Å². The molecule has 4 heterocycles. The van der Waals surface area contributed by atoms with E-state index in [-0.39, 0.29) is 47.9 Å². The van der Waals surface area contributed by atoms with Gasteiger partial charge in [-0.2, -0.15) is 0 Å². The second-order valence-electron chi connectivity index (χ2n) is 10.4. The number of carbonyl (C=O) groups excluding carboxylic acids is 3. The molecule has 0 saturated carbocycles. The summed E-state index contributed by atoms with van der Waals surface area (Å²) in [7, 11) is 0. The zero-order chi connectivity index (χ0) is 28.8. The standard InChI is InChI=1S/C31H32N2O7/c1-5-19-20-13-18(40-27(35)10-8-7-9-26(34)17(3)4)11-12-24(20)32-28-21(19)15-33-25(28)14-23-22(29(33)36)16-39-30(37)31(23,38)6-2/h11-14,38H,3,5-10,15-16H2,1-2,4H3/t31-/m0/s1. The van der Waals surface area contributed by atoms with Crippen LogP contribution in [0.25, 0.3) is 22.3 Å². The van der Waals surface area contributed by atoms with Gasteiger partial charge in [0, 0.05) is 29.4 Å². The van der Waals surface area contributed by atoms with Gasteiger partial charge in [-0.1, -0.05) is 20.4 Å². The van der Waals surface area contributed by atoms with Gasteiger partial charge in [-0.3, -0.25) is 14.4 Å². The van der Waals surface area contributed by atoms with Crippen molar-refractivity contribution in [2.24, 2.45) is 0 Å². The van der Waals surface area contributed by atoms with E-state index in [0.29, 0.717) is 60.5 Å². The highest BCUT2D eigenvalue weighted by molar-refractivity contribution is 5.94. The van der Waals surface area contributed by atoms with E-state index in [1.165, 1.54) is 0 Å². The number of cyclic esters (lactones) is 1. The van der Waals surface area contributed by atoms with Gasteiger partial charge in [0.15, 0.2) is 11.4 Å². The van der Waals surface area contributed by atoms with Crippen LogP contribution in [0.15, 0.2) is 41.2 Å². The molecule has 2 aliphatic rings. The first-order valence-corrected chi connectivity index (χ1v) is 13.6. The number of hydrogen-bond acceptors (Lipinski definition) is 8. The SMILES string of the molecule is C=C(C)C(=O)CCCCC(=O)Oc1ccc2nc3c(c(CC)c2c1)Cn1c-3cc2c(c1=O)COC(=O)[C@]2(O)CC. The molecule has 3 aromatic rings. The maximum Gasteiger partial charge on any atom is 0.343 e. The number of fused-ring (bicyclic) bond motifs is 5. The third kappa shape index (κ3) is 4.54. The lowest BCUT2D eigenvalue weighted by atomic mass is 9.86. The van der Waals surface area contributed by atoms with Crippen molar-refractivity contribution in [3.05, 3.63) is 69.0 Å². The Balaban J connectivity index is 1.45. The number of pyridine rings is 2. The monoisotopic (exact) mass is 544 g/mol. The average molecular weight is 545 g/mol. The number of hydrogen-bond donors (Lipinski definition) is 1. The number of aromatic nitrogens is 2. The van der Waals surface area contributed by atoms with Crippen molar-refractivity contribution in [1.29, 1.82) is 0 Å². The van der Waals surface area contributed by atoms with Gasteiger partial charge in [-0.05, 0) is 68.0 Å². The van der Waals surface area contributed by atoms with Gasteiger partial charge in [0.1, 0.15) is 12.4 Å². The summed E-state index contributed by atoms with van der Waals surface area (Å²) in [5, 5.41) is 11.9. The van der Waals surface area contributed by atoms with E-state index in [4.69, 9.17) is 14.5 Å². The van der Waals surface area contributed by atoms with Crippen molar-refractivity contribution >= 4 is 28.6 Å². The predicted molar refractivity (Wildman–Crippen MR) is 148 cm³/mol. The minimum absolute atomic E-state index is 0.00229. The zero-order valence-electron chi connectivity index (χ0n) is 23.0. The van der Waals surface area contributed by atoms with E-state index in [1.54, 1.807) is 42.7 Å². The third-order valence-electron chi connectivity index (χ3n) is 7.87. The van der Waals surface area contributed by atoms with Crippen molar-refractivity contribution in [2.45, 2.75) is 78.0 Å². The van der Waals surface area contributed by atoms with Crippen LogP contribution in [0.4, 0.5) is 0 Å². The summed E-state index contributed by atoms with van der Waals surface area (Å²) in [6.45, 7) is 9.12. The minimum atomic E-state index is -1.88. The highest BCUT2D eigenvalue weighted by Crippen LogP contribution is 2.40. The van der Waals surface area contributed by atoms with Crippen molar-refractivity contribution < 1.29 is 29.0 Å². The number of aryl methyl sites for hydroxylation is 1. The largest absolute Gasteiger partial charge is 0.458 e. The van der Waals surface area contributed by atoms with Gasteiger partial charge in [0.05, 0.1) is 29.0 Å². The number of ketones is 1. The van der Waals surface area contributed by atoms with Crippen LogP contribution in [0.2, 0.25) is 0 Å². The fraction of sp³-hybridized carbons (Fsp3) is 0.387. The van der Waals surface area contributed by atoms with Crippen LogP contribution in [-0.4, -0.2) is 32.4 Å². The summed E-state index contributed by atoms with van der Waals surface area (Å²) in [4.78, 5) is 54.9. The van der Waals surface area contributed by atoms with Gasteiger partial charge in [-0.25, -0.2) is 9.78 Å². The first-order valence-electron chi connectivity index (χ1n) is 13.6. The topological polar surface area (TPSA) is 125 Å². The molecule has 0 bridgehead atoms. The molecule has 9 nitrogen and oxygen atoms in total. The van der Waals surface area contributed by atoms with Crippen LogP contribution in [0.5, 0.6) is 5.75 Å². The van der Waals surface area contributed by atoms with Gasteiger partial charge in [0.25, 0.3) is 5.56 Å². The quantitative estimate of drug-likeness (QED) is 0.144. The van der Waals surface area contributed by atoms with Gasteiger partial charge < -0.3 is 19.1 Å². The molecular formula is C31H32N2O7. The molecule has 1 aromatic carbocycles. The Morgan fingerprint density at radius 2 is 1.90 bits per heavy atom. The minimum Gasteiger partial charge on any atom is -0.458 e. The first kappa shape index (κ1) is 27.5. The van der Waals surface area contributed by atoms with Crippen LogP contribution in [0.3, 0.4) is 0 Å². The lowest BCUT2D eigenvalue weighted by Crippen LogP contribution is -2.44. The number of Topliss-reactive ketones (excluding diaryl/α,β-unsaturated/α-hetero) is 1. The molecule has 0 fully saturated rings. The smallest absolute Gasteiger partial charge is 0.343 e. The maximum atomic E-state index is 13.5. The molecule has 5 rings (SSSR count). The number of allylic oxidation sites excluding steroid dienone is 1. The fourth-order valence-corrected chi connectivity index (χ4v) is 5.56. The summed E-state index contributed by atoms with van der Waals surface area (Å²) in [6.07, 6.45) is 2.43. The molecule has 208 valence electrons. The summed E-state index contributed by atoms with van der Waals surface area (Å²) < 4.78 is 12.4. The molecule has 2 aromatic heterocycles. The highest BCUT2D eigenvalue weighted by atomic mass is 16.6. The summed E-state index contributed by atoms with van der Waals surface area (Å²) in [5.41, 5.74) is 2.62. The number of carbonyl (C=O) groups is 3. The molecule has 0 radical (unpaired) electrons. The van der Waals surface area contributed by atoms with Crippen molar-refractivity contribution in [3.63, 3.8) is 0 Å². The third-order valence-corrected chi connectivity index (χ3v) is 7.87. The maximum absolute atomic E-state index is 13.5. The second kappa shape index (κ2) is 10.5. The molecule has 1 atom stereocenters. The Bertz CT molecular complexity index is 1650. The number of esters is 2. The van der Waals surface area contributed by atoms with Gasteiger partial charge >= 0.3 is 11.9 Å². The predicted octanol–water partition coefficient (Wildman–Crippen LogP) is 4.25. The molecule has 0 spiro atoms. The van der Waals surface area contributed by atoms with Crippen molar-refractivity contribution in [1.82, 2.24) is 9.55 Å². The van der Waals surface area contributed by atoms with E-state index >= 15 is 0 Å². The molecule has 9 heteroatoms. The Morgan fingerprint density at radius 3 is 2.60 bits per heavy atom. The van der Waals surface area contributed by atoms with E-state index in [2.05, 4.69) is 6.58 Å². The van der Waals surface area contributed by atoms with Gasteiger partial charge in [-0.15, -0.1) is 0 Å². The lowest BCUT2D eigenvalue weighted by molar-refractivity contribution is -0.172. The van der Waals surface area contributed by atoms with E-state index in [0.717, 1.165) is 16.5 Å². The summed E-state index contributed by atoms with van der Waals surface area (Å²) >= 11 is 0. The fourth-order valence-electron chi connectivity index (χ4n) is 5.56. The Kier molecular flexibility index (Phi) is 7.18. The van der Waals surface area contributed by atoms with Crippen molar-refractivity contribution in [2.75, 3.05) is 0 Å². The van der Waals surface area contributed by atoms with E-state index in [1.807, 2.05) is 6.92 Å². The molecule has 0 unspecified atom stereocenters. The Hall–Kier alpha value is -4.11. The van der Waals surface area contributed by atoms with Crippen LogP contribution in [0.1, 0.15) is 75.1 Å². The molecule has 2 aliphatic heterocycles.